The number of allylic oxidation sites excluding steroid dienone is 1. The van der Waals surface area contributed by atoms with Crippen LogP contribution in [0.4, 0.5) is 4.39 Å². The van der Waals surface area contributed by atoms with Crippen LogP contribution < -0.4 is 24.7 Å². The second kappa shape index (κ2) is 9.32. The minimum Gasteiger partial charge on any atom is -0.493 e. The maximum atomic E-state index is 13.8. The van der Waals surface area contributed by atoms with Crippen LogP contribution >= 0.6 is 0 Å². The van der Waals surface area contributed by atoms with Crippen molar-refractivity contribution < 1.29 is 28.1 Å². The van der Waals surface area contributed by atoms with Crippen LogP contribution in [0.3, 0.4) is 0 Å². The fourth-order valence-electron chi connectivity index (χ4n) is 3.56. The number of halogens is 1. The molecule has 166 valence electrons. The first-order chi connectivity index (χ1) is 16.0. The summed E-state index contributed by atoms with van der Waals surface area (Å²) in [6.07, 6.45) is 0. The quantitative estimate of drug-likeness (QED) is 0.450. The Kier molecular flexibility index (Phi) is 6.13. The molecule has 3 aromatic carbocycles. The third-order valence-corrected chi connectivity index (χ3v) is 5.02. The van der Waals surface area contributed by atoms with Crippen LogP contribution in [0, 0.1) is 17.1 Å². The molecule has 4 rings (SSSR count). The lowest BCUT2D eigenvalue weighted by atomic mass is 9.83. The molecule has 0 saturated heterocycles. The fourth-order valence-corrected chi connectivity index (χ4v) is 3.56. The van der Waals surface area contributed by atoms with Gasteiger partial charge in [0.25, 0.3) is 0 Å². The van der Waals surface area contributed by atoms with Crippen LogP contribution in [0.5, 0.6) is 23.0 Å². The largest absolute Gasteiger partial charge is 0.493 e. The number of nitrogens with two attached hydrogens (primary N) is 1. The van der Waals surface area contributed by atoms with Crippen molar-refractivity contribution in [2.75, 3.05) is 13.7 Å². The van der Waals surface area contributed by atoms with Crippen molar-refractivity contribution in [3.63, 3.8) is 0 Å². The number of carbonyl (C=O) groups excluding carboxylic acids is 1. The van der Waals surface area contributed by atoms with Crippen molar-refractivity contribution >= 4 is 5.97 Å². The van der Waals surface area contributed by atoms with Gasteiger partial charge in [0.05, 0.1) is 13.0 Å². The van der Waals surface area contributed by atoms with Gasteiger partial charge in [0.15, 0.2) is 18.1 Å². The Labute approximate surface area is 189 Å². The molecule has 33 heavy (non-hydrogen) atoms. The maximum Gasteiger partial charge on any atom is 0.349 e. The van der Waals surface area contributed by atoms with Crippen LogP contribution in [-0.2, 0) is 4.79 Å². The number of ether oxygens (including phenoxy) is 4. The van der Waals surface area contributed by atoms with Crippen molar-refractivity contribution in [3.05, 3.63) is 95.1 Å². The van der Waals surface area contributed by atoms with E-state index in [1.807, 2.05) is 6.07 Å². The van der Waals surface area contributed by atoms with Gasteiger partial charge in [0.1, 0.15) is 29.0 Å². The van der Waals surface area contributed by atoms with Gasteiger partial charge in [-0.2, -0.15) is 5.26 Å². The molecule has 0 saturated carbocycles. The smallest absolute Gasteiger partial charge is 0.349 e. The van der Waals surface area contributed by atoms with Gasteiger partial charge in [-0.05, 0) is 35.9 Å². The zero-order chi connectivity index (χ0) is 23.4. The van der Waals surface area contributed by atoms with Crippen molar-refractivity contribution in [2.45, 2.75) is 5.92 Å². The first-order valence-electron chi connectivity index (χ1n) is 9.93. The first-order valence-corrected chi connectivity index (χ1v) is 9.93. The molecule has 0 fully saturated rings. The third-order valence-electron chi connectivity index (χ3n) is 5.02. The number of rotatable bonds is 6. The second-order valence-electron chi connectivity index (χ2n) is 7.09. The van der Waals surface area contributed by atoms with Gasteiger partial charge in [0, 0.05) is 11.6 Å². The van der Waals surface area contributed by atoms with E-state index < -0.39 is 17.7 Å². The predicted molar refractivity (Wildman–Crippen MR) is 116 cm³/mol. The second-order valence-corrected chi connectivity index (χ2v) is 7.09. The normalized spacial score (nSPS) is 14.5. The van der Waals surface area contributed by atoms with E-state index in [1.54, 1.807) is 48.5 Å². The summed E-state index contributed by atoms with van der Waals surface area (Å²) in [7, 11) is 1.50. The van der Waals surface area contributed by atoms with Crippen LogP contribution in [0.15, 0.2) is 78.2 Å². The molecule has 7 nitrogen and oxygen atoms in total. The first kappa shape index (κ1) is 21.7. The molecular formula is C25H19FN2O5. The Bertz CT molecular complexity index is 1280. The number of fused-ring (bicyclic) bond motifs is 1. The number of esters is 1. The zero-order valence-electron chi connectivity index (χ0n) is 17.6. The molecule has 0 radical (unpaired) electrons. The monoisotopic (exact) mass is 446 g/mol. The van der Waals surface area contributed by atoms with Gasteiger partial charge < -0.3 is 24.7 Å². The summed E-state index contributed by atoms with van der Waals surface area (Å²) in [5.74, 6) is -0.380. The lowest BCUT2D eigenvalue weighted by molar-refractivity contribution is -0.136. The predicted octanol–water partition coefficient (Wildman–Crippen LogP) is 4.04. The fraction of sp³-hybridized carbons (Fsp3) is 0.120. The summed E-state index contributed by atoms with van der Waals surface area (Å²) in [5, 5.41) is 9.60. The summed E-state index contributed by atoms with van der Waals surface area (Å²) < 4.78 is 35.5. The molecule has 1 unspecified atom stereocenters. The van der Waals surface area contributed by atoms with E-state index in [1.165, 1.54) is 25.3 Å². The van der Waals surface area contributed by atoms with Crippen molar-refractivity contribution in [1.82, 2.24) is 0 Å². The van der Waals surface area contributed by atoms with Crippen LogP contribution in [-0.4, -0.2) is 19.7 Å². The number of methoxy groups -OCH3 is 1. The van der Waals surface area contributed by atoms with Crippen LogP contribution in [0.25, 0.3) is 0 Å². The zero-order valence-corrected chi connectivity index (χ0v) is 17.6. The van der Waals surface area contributed by atoms with Crippen molar-refractivity contribution in [3.8, 4) is 29.1 Å². The van der Waals surface area contributed by atoms with Crippen LogP contribution in [0.1, 0.15) is 17.0 Å². The summed E-state index contributed by atoms with van der Waals surface area (Å²) in [6, 6.07) is 19.6. The Morgan fingerprint density at radius 1 is 1.12 bits per heavy atom. The topological polar surface area (TPSA) is 104 Å². The molecule has 2 N–H and O–H groups in total. The highest BCUT2D eigenvalue weighted by Crippen LogP contribution is 2.43. The van der Waals surface area contributed by atoms with Gasteiger partial charge in [-0.1, -0.05) is 30.3 Å². The number of nitrogens with zero attached hydrogens (tertiary/aromatic N) is 1. The molecule has 1 atom stereocenters. The van der Waals surface area contributed by atoms with E-state index in [0.29, 0.717) is 28.4 Å². The van der Waals surface area contributed by atoms with E-state index in [0.717, 1.165) is 0 Å². The minimum absolute atomic E-state index is 0.0951. The van der Waals surface area contributed by atoms with E-state index in [4.69, 9.17) is 24.7 Å². The molecule has 0 aliphatic carbocycles. The molecule has 0 bridgehead atoms. The highest BCUT2D eigenvalue weighted by Gasteiger charge is 2.31. The Morgan fingerprint density at radius 2 is 1.91 bits per heavy atom. The van der Waals surface area contributed by atoms with Crippen molar-refractivity contribution in [1.29, 1.82) is 5.26 Å². The summed E-state index contributed by atoms with van der Waals surface area (Å²) in [4.78, 5) is 12.3. The van der Waals surface area contributed by atoms with E-state index in [-0.39, 0.29) is 23.8 Å². The Hall–Kier alpha value is -4.51. The molecule has 8 heteroatoms. The maximum absolute atomic E-state index is 13.8. The van der Waals surface area contributed by atoms with Crippen LogP contribution in [0.2, 0.25) is 0 Å². The Morgan fingerprint density at radius 3 is 2.64 bits per heavy atom. The number of para-hydroxylation sites is 2. The average molecular weight is 446 g/mol. The van der Waals surface area contributed by atoms with E-state index in [2.05, 4.69) is 0 Å². The Balaban J connectivity index is 1.54. The average Bonchev–Trinajstić information content (AvgIpc) is 2.82. The van der Waals surface area contributed by atoms with Gasteiger partial charge in [0.2, 0.25) is 5.88 Å². The van der Waals surface area contributed by atoms with E-state index >= 15 is 0 Å². The SMILES string of the molecule is COc1ccccc1OCC(=O)Oc1ccc2c(c1)OC(N)=C(C#N)C2c1cccc(F)c1. The highest BCUT2D eigenvalue weighted by molar-refractivity contribution is 5.74. The van der Waals surface area contributed by atoms with Crippen molar-refractivity contribution in [2.24, 2.45) is 5.73 Å². The summed E-state index contributed by atoms with van der Waals surface area (Å²) in [6.45, 7) is -0.342. The number of hydrogen-bond acceptors (Lipinski definition) is 7. The van der Waals surface area contributed by atoms with Gasteiger partial charge in [-0.15, -0.1) is 0 Å². The summed E-state index contributed by atoms with van der Waals surface area (Å²) >= 11 is 0. The molecule has 1 heterocycles. The molecule has 0 spiro atoms. The number of benzene rings is 3. The number of nitriles is 1. The molecule has 0 aromatic heterocycles. The van der Waals surface area contributed by atoms with Gasteiger partial charge in [-0.25, -0.2) is 9.18 Å². The summed E-state index contributed by atoms with van der Waals surface area (Å²) in [5.41, 5.74) is 7.28. The molecule has 1 aliphatic heterocycles. The number of hydrogen-bond donors (Lipinski definition) is 1. The molecule has 1 aliphatic rings. The minimum atomic E-state index is -0.639. The van der Waals surface area contributed by atoms with E-state index in [9.17, 15) is 14.4 Å². The highest BCUT2D eigenvalue weighted by atomic mass is 19.1. The lowest BCUT2D eigenvalue weighted by Gasteiger charge is -2.26. The van der Waals surface area contributed by atoms with Gasteiger partial charge in [-0.3, -0.25) is 0 Å². The lowest BCUT2D eigenvalue weighted by Crippen LogP contribution is -2.22. The third kappa shape index (κ3) is 4.57. The standard InChI is InChI=1S/C25H19FN2O5/c1-30-20-7-2-3-8-21(20)31-14-23(29)32-17-9-10-18-22(12-17)33-25(28)19(13-27)24(18)15-5-4-6-16(26)11-15/h2-12,24H,14,28H2,1H3. The molecular weight excluding hydrogens is 427 g/mol. The number of carbonyl (C=O) groups is 1. The van der Waals surface area contributed by atoms with Gasteiger partial charge >= 0.3 is 5.97 Å². The molecule has 0 amide bonds. The molecule has 3 aromatic rings.